The fourth-order valence-corrected chi connectivity index (χ4v) is 2.46. The molecule has 0 saturated carbocycles. The van der Waals surface area contributed by atoms with Crippen molar-refractivity contribution in [1.82, 2.24) is 4.90 Å². The fraction of sp³-hybridized carbons (Fsp3) is 0.533. The third kappa shape index (κ3) is 4.65. The maximum absolute atomic E-state index is 10.7. The van der Waals surface area contributed by atoms with Gasteiger partial charge in [0.2, 0.25) is 0 Å². The van der Waals surface area contributed by atoms with Crippen LogP contribution in [0.1, 0.15) is 18.4 Å². The second-order valence-electron chi connectivity index (χ2n) is 4.93. The van der Waals surface area contributed by atoms with Gasteiger partial charge in [-0.2, -0.15) is 0 Å². The summed E-state index contributed by atoms with van der Waals surface area (Å²) in [7, 11) is 0. The molecule has 4 heteroatoms. The molecule has 0 aromatic heterocycles. The Balaban J connectivity index is 1.83. The molecule has 1 aliphatic heterocycles. The lowest BCUT2D eigenvalue weighted by molar-refractivity contribution is -0.137. The lowest BCUT2D eigenvalue weighted by Gasteiger charge is -2.35. The molecule has 0 spiro atoms. The smallest absolute Gasteiger partial charge is 0.303 e. The topological polar surface area (TPSA) is 49.8 Å². The van der Waals surface area contributed by atoms with Gasteiger partial charge in [0.25, 0.3) is 0 Å². The molecule has 0 bridgehead atoms. The first-order valence-corrected chi connectivity index (χ1v) is 6.83. The highest BCUT2D eigenvalue weighted by Gasteiger charge is 2.23. The summed E-state index contributed by atoms with van der Waals surface area (Å²) in [6.45, 7) is 3.27. The first kappa shape index (κ1) is 14.0. The predicted molar refractivity (Wildman–Crippen MR) is 73.2 cm³/mol. The molecule has 104 valence electrons. The minimum atomic E-state index is -0.728. The van der Waals surface area contributed by atoms with Crippen molar-refractivity contribution in [2.75, 3.05) is 26.3 Å². The molecule has 19 heavy (non-hydrogen) atoms. The number of aliphatic carboxylic acids is 1. The molecule has 1 aromatic rings. The molecular formula is C15H21NO3. The number of carbonyl (C=O) groups is 1. The number of nitrogens with zero attached hydrogens (tertiary/aromatic N) is 1. The Hall–Kier alpha value is -1.39. The normalized spacial score (nSPS) is 20.3. The molecule has 1 aromatic carbocycles. The van der Waals surface area contributed by atoms with Crippen molar-refractivity contribution in [1.29, 1.82) is 0 Å². The van der Waals surface area contributed by atoms with Gasteiger partial charge in [-0.1, -0.05) is 30.3 Å². The van der Waals surface area contributed by atoms with Gasteiger partial charge < -0.3 is 9.84 Å². The van der Waals surface area contributed by atoms with Crippen LogP contribution in [0, 0.1) is 0 Å². The molecule has 0 aliphatic carbocycles. The molecule has 1 unspecified atom stereocenters. The van der Waals surface area contributed by atoms with Crippen molar-refractivity contribution in [2.24, 2.45) is 0 Å². The molecule has 2 rings (SSSR count). The molecule has 0 amide bonds. The molecular weight excluding hydrogens is 242 g/mol. The van der Waals surface area contributed by atoms with Gasteiger partial charge >= 0.3 is 5.97 Å². The van der Waals surface area contributed by atoms with E-state index in [1.54, 1.807) is 0 Å². The van der Waals surface area contributed by atoms with Crippen LogP contribution in [0.25, 0.3) is 0 Å². The minimum Gasteiger partial charge on any atom is -0.481 e. The summed E-state index contributed by atoms with van der Waals surface area (Å²) in [6.07, 6.45) is 1.89. The molecule has 1 heterocycles. The van der Waals surface area contributed by atoms with Gasteiger partial charge in [-0.3, -0.25) is 9.69 Å². The maximum atomic E-state index is 10.7. The molecule has 1 atom stereocenters. The number of carboxylic acids is 1. The summed E-state index contributed by atoms with van der Waals surface area (Å²) in [5, 5.41) is 8.78. The Labute approximate surface area is 114 Å². The monoisotopic (exact) mass is 263 g/mol. The second kappa shape index (κ2) is 7.26. The Kier molecular flexibility index (Phi) is 5.36. The standard InChI is InChI=1S/C15H21NO3/c17-15(18)7-6-14-12-19-11-10-16(14)9-8-13-4-2-1-3-5-13/h1-5,14H,6-12H2,(H,17,18). The second-order valence-corrected chi connectivity index (χ2v) is 4.93. The van der Waals surface area contributed by atoms with E-state index >= 15 is 0 Å². The van der Waals surface area contributed by atoms with E-state index in [2.05, 4.69) is 29.2 Å². The summed E-state index contributed by atoms with van der Waals surface area (Å²) < 4.78 is 5.46. The molecule has 1 saturated heterocycles. The predicted octanol–water partition coefficient (Wildman–Crippen LogP) is 1.79. The van der Waals surface area contributed by atoms with Gasteiger partial charge in [-0.05, 0) is 18.4 Å². The van der Waals surface area contributed by atoms with Crippen LogP contribution >= 0.6 is 0 Å². The summed E-state index contributed by atoms with van der Waals surface area (Å²) in [5.41, 5.74) is 1.32. The van der Waals surface area contributed by atoms with Crippen molar-refractivity contribution in [3.05, 3.63) is 35.9 Å². The highest BCUT2D eigenvalue weighted by molar-refractivity contribution is 5.66. The molecule has 1 aliphatic rings. The number of hydrogen-bond donors (Lipinski definition) is 1. The van der Waals surface area contributed by atoms with Crippen molar-refractivity contribution in [3.63, 3.8) is 0 Å². The maximum Gasteiger partial charge on any atom is 0.303 e. The van der Waals surface area contributed by atoms with Crippen LogP contribution in [-0.2, 0) is 16.0 Å². The van der Waals surface area contributed by atoms with E-state index in [0.717, 1.165) is 26.1 Å². The van der Waals surface area contributed by atoms with E-state index in [1.807, 2.05) is 6.07 Å². The van der Waals surface area contributed by atoms with E-state index in [4.69, 9.17) is 9.84 Å². The van der Waals surface area contributed by atoms with E-state index in [1.165, 1.54) is 5.56 Å². The Bertz CT molecular complexity index is 394. The van der Waals surface area contributed by atoms with E-state index in [9.17, 15) is 4.79 Å². The zero-order valence-electron chi connectivity index (χ0n) is 11.1. The fourth-order valence-electron chi connectivity index (χ4n) is 2.46. The summed E-state index contributed by atoms with van der Waals surface area (Å²) >= 11 is 0. The Morgan fingerprint density at radius 2 is 2.16 bits per heavy atom. The average molecular weight is 263 g/mol. The van der Waals surface area contributed by atoms with Gasteiger partial charge in [-0.25, -0.2) is 0 Å². The lowest BCUT2D eigenvalue weighted by Crippen LogP contribution is -2.46. The first-order valence-electron chi connectivity index (χ1n) is 6.83. The van der Waals surface area contributed by atoms with Crippen LogP contribution < -0.4 is 0 Å². The largest absolute Gasteiger partial charge is 0.481 e. The third-order valence-electron chi connectivity index (χ3n) is 3.57. The molecule has 1 N–H and O–H groups in total. The highest BCUT2D eigenvalue weighted by Crippen LogP contribution is 2.13. The molecule has 1 fully saturated rings. The van der Waals surface area contributed by atoms with Crippen molar-refractivity contribution in [3.8, 4) is 0 Å². The van der Waals surface area contributed by atoms with E-state index in [-0.39, 0.29) is 12.5 Å². The number of morpholine rings is 1. The quantitative estimate of drug-likeness (QED) is 0.850. The third-order valence-corrected chi connectivity index (χ3v) is 3.57. The van der Waals surface area contributed by atoms with Gasteiger partial charge in [-0.15, -0.1) is 0 Å². The van der Waals surface area contributed by atoms with E-state index < -0.39 is 5.97 Å². The van der Waals surface area contributed by atoms with Crippen LogP contribution in [0.5, 0.6) is 0 Å². The average Bonchev–Trinajstić information content (AvgIpc) is 2.45. The van der Waals surface area contributed by atoms with Gasteiger partial charge in [0.15, 0.2) is 0 Å². The number of rotatable bonds is 6. The summed E-state index contributed by atoms with van der Waals surface area (Å²) in [5.74, 6) is -0.728. The summed E-state index contributed by atoms with van der Waals surface area (Å²) in [4.78, 5) is 13.0. The lowest BCUT2D eigenvalue weighted by atomic mass is 10.1. The van der Waals surface area contributed by atoms with Crippen LogP contribution in [0.2, 0.25) is 0 Å². The highest BCUT2D eigenvalue weighted by atomic mass is 16.5. The number of benzene rings is 1. The Morgan fingerprint density at radius 3 is 2.89 bits per heavy atom. The van der Waals surface area contributed by atoms with Gasteiger partial charge in [0.05, 0.1) is 13.2 Å². The molecule has 4 nitrogen and oxygen atoms in total. The zero-order chi connectivity index (χ0) is 13.5. The van der Waals surface area contributed by atoms with Crippen LogP contribution in [-0.4, -0.2) is 48.3 Å². The van der Waals surface area contributed by atoms with Crippen molar-refractivity contribution in [2.45, 2.75) is 25.3 Å². The van der Waals surface area contributed by atoms with E-state index in [0.29, 0.717) is 13.0 Å². The number of ether oxygens (including phenoxy) is 1. The SMILES string of the molecule is O=C(O)CCC1COCCN1CCc1ccccc1. The first-order chi connectivity index (χ1) is 9.25. The van der Waals surface area contributed by atoms with Gasteiger partial charge in [0, 0.05) is 25.6 Å². The number of hydrogen-bond acceptors (Lipinski definition) is 3. The van der Waals surface area contributed by atoms with Gasteiger partial charge in [0.1, 0.15) is 0 Å². The zero-order valence-corrected chi connectivity index (χ0v) is 11.1. The summed E-state index contributed by atoms with van der Waals surface area (Å²) in [6, 6.07) is 10.6. The van der Waals surface area contributed by atoms with Crippen LogP contribution in [0.3, 0.4) is 0 Å². The van der Waals surface area contributed by atoms with Crippen molar-refractivity contribution < 1.29 is 14.6 Å². The Morgan fingerprint density at radius 1 is 1.37 bits per heavy atom. The van der Waals surface area contributed by atoms with Crippen molar-refractivity contribution >= 4 is 5.97 Å². The van der Waals surface area contributed by atoms with Crippen LogP contribution in [0.15, 0.2) is 30.3 Å². The minimum absolute atomic E-state index is 0.218. The number of carboxylic acid groups (broad SMARTS) is 1. The van der Waals surface area contributed by atoms with Crippen LogP contribution in [0.4, 0.5) is 0 Å². The molecule has 0 radical (unpaired) electrons.